The van der Waals surface area contributed by atoms with Crippen LogP contribution in [0, 0.1) is 5.92 Å². The van der Waals surface area contributed by atoms with Gasteiger partial charge in [-0.1, -0.05) is 0 Å². The molecule has 1 N–H and O–H groups in total. The van der Waals surface area contributed by atoms with Gasteiger partial charge in [-0.15, -0.1) is 0 Å². The van der Waals surface area contributed by atoms with Gasteiger partial charge in [-0.05, 0) is 37.0 Å². The lowest BCUT2D eigenvalue weighted by Gasteiger charge is -2.18. The molecule has 0 saturated heterocycles. The molecule has 4 heteroatoms. The van der Waals surface area contributed by atoms with Crippen LogP contribution in [0.15, 0.2) is 18.2 Å². The fraction of sp³-hybridized carbons (Fsp3) is 0.462. The predicted octanol–water partition coefficient (Wildman–Crippen LogP) is 1.60. The number of hydrogen-bond donors (Lipinski definition) is 1. The van der Waals surface area contributed by atoms with Gasteiger partial charge in [-0.3, -0.25) is 4.79 Å². The first-order valence-corrected chi connectivity index (χ1v) is 6.01. The molecule has 1 aromatic carbocycles. The summed E-state index contributed by atoms with van der Waals surface area (Å²) in [5, 5.41) is 2.93. The van der Waals surface area contributed by atoms with E-state index in [0.717, 1.165) is 12.3 Å². The van der Waals surface area contributed by atoms with Gasteiger partial charge in [-0.25, -0.2) is 0 Å². The lowest BCUT2D eigenvalue weighted by molar-refractivity contribution is 0.0950. The Balaban J connectivity index is 1.70. The number of rotatable bonds is 3. The van der Waals surface area contributed by atoms with Gasteiger partial charge < -0.3 is 14.8 Å². The standard InChI is InChI=1S/C13H15NO3/c15-13(14-8-9-1-2-9)10-3-4-11-12(7-10)17-6-5-16-11/h3-4,7,9H,1-2,5-6,8H2,(H,14,15). The quantitative estimate of drug-likeness (QED) is 0.862. The van der Waals surface area contributed by atoms with Crippen LogP contribution in [0.3, 0.4) is 0 Å². The van der Waals surface area contributed by atoms with Crippen molar-refractivity contribution < 1.29 is 14.3 Å². The first kappa shape index (κ1) is 10.4. The second-order valence-corrected chi connectivity index (χ2v) is 4.51. The molecule has 0 aromatic heterocycles. The first-order valence-electron chi connectivity index (χ1n) is 6.01. The molecule has 3 rings (SSSR count). The molecule has 90 valence electrons. The second-order valence-electron chi connectivity index (χ2n) is 4.51. The van der Waals surface area contributed by atoms with E-state index >= 15 is 0 Å². The third-order valence-corrected chi connectivity index (χ3v) is 3.05. The van der Waals surface area contributed by atoms with Crippen LogP contribution in [0.25, 0.3) is 0 Å². The highest BCUT2D eigenvalue weighted by atomic mass is 16.6. The highest BCUT2D eigenvalue weighted by Gasteiger charge is 2.22. The zero-order chi connectivity index (χ0) is 11.7. The maximum Gasteiger partial charge on any atom is 0.251 e. The van der Waals surface area contributed by atoms with E-state index in [1.165, 1.54) is 12.8 Å². The van der Waals surface area contributed by atoms with Crippen molar-refractivity contribution in [3.8, 4) is 11.5 Å². The monoisotopic (exact) mass is 233 g/mol. The molecule has 0 unspecified atom stereocenters. The highest BCUT2D eigenvalue weighted by Crippen LogP contribution is 2.31. The Labute approximate surface area is 99.9 Å². The van der Waals surface area contributed by atoms with Crippen LogP contribution in [-0.4, -0.2) is 25.7 Å². The van der Waals surface area contributed by atoms with E-state index in [1.807, 2.05) is 0 Å². The van der Waals surface area contributed by atoms with Crippen molar-refractivity contribution >= 4 is 5.91 Å². The Bertz CT molecular complexity index is 440. The van der Waals surface area contributed by atoms with Crippen LogP contribution in [0.1, 0.15) is 23.2 Å². The minimum Gasteiger partial charge on any atom is -0.486 e. The molecule has 0 atom stereocenters. The highest BCUT2D eigenvalue weighted by molar-refractivity contribution is 5.94. The van der Waals surface area contributed by atoms with E-state index in [9.17, 15) is 4.79 Å². The van der Waals surface area contributed by atoms with E-state index in [-0.39, 0.29) is 5.91 Å². The molecule has 1 saturated carbocycles. The molecule has 0 bridgehead atoms. The largest absolute Gasteiger partial charge is 0.486 e. The van der Waals surface area contributed by atoms with E-state index in [4.69, 9.17) is 9.47 Å². The summed E-state index contributed by atoms with van der Waals surface area (Å²) in [6.07, 6.45) is 2.48. The summed E-state index contributed by atoms with van der Waals surface area (Å²) < 4.78 is 10.9. The van der Waals surface area contributed by atoms with Crippen LogP contribution >= 0.6 is 0 Å². The van der Waals surface area contributed by atoms with Crippen LogP contribution in [0.5, 0.6) is 11.5 Å². The third-order valence-electron chi connectivity index (χ3n) is 3.05. The van der Waals surface area contributed by atoms with Crippen molar-refractivity contribution in [3.63, 3.8) is 0 Å². The molecule has 1 aromatic rings. The van der Waals surface area contributed by atoms with Gasteiger partial charge in [0.2, 0.25) is 0 Å². The zero-order valence-electron chi connectivity index (χ0n) is 9.57. The Kier molecular flexibility index (Phi) is 2.63. The van der Waals surface area contributed by atoms with Crippen LogP contribution in [-0.2, 0) is 0 Å². The van der Waals surface area contributed by atoms with E-state index in [0.29, 0.717) is 30.4 Å². The molecule has 1 amide bonds. The fourth-order valence-corrected chi connectivity index (χ4v) is 1.85. The minimum atomic E-state index is -0.0335. The van der Waals surface area contributed by atoms with Crippen LogP contribution in [0.4, 0.5) is 0 Å². The third kappa shape index (κ3) is 2.35. The van der Waals surface area contributed by atoms with Crippen LogP contribution in [0.2, 0.25) is 0 Å². The topological polar surface area (TPSA) is 47.6 Å². The number of benzene rings is 1. The number of nitrogens with one attached hydrogen (secondary N) is 1. The molecule has 1 aliphatic carbocycles. The summed E-state index contributed by atoms with van der Waals surface area (Å²) in [6.45, 7) is 1.90. The molecule has 4 nitrogen and oxygen atoms in total. The number of carbonyl (C=O) groups is 1. The van der Waals surface area contributed by atoms with Crippen molar-refractivity contribution in [1.82, 2.24) is 5.32 Å². The van der Waals surface area contributed by atoms with Gasteiger partial charge in [0.25, 0.3) is 5.91 Å². The van der Waals surface area contributed by atoms with Crippen molar-refractivity contribution in [1.29, 1.82) is 0 Å². The smallest absolute Gasteiger partial charge is 0.251 e. The van der Waals surface area contributed by atoms with Crippen LogP contribution < -0.4 is 14.8 Å². The number of amides is 1. The molecule has 2 aliphatic rings. The molecule has 17 heavy (non-hydrogen) atoms. The summed E-state index contributed by atoms with van der Waals surface area (Å²) in [4.78, 5) is 11.9. The molecule has 0 spiro atoms. The van der Waals surface area contributed by atoms with E-state index in [2.05, 4.69) is 5.32 Å². The molecular formula is C13H15NO3. The van der Waals surface area contributed by atoms with E-state index in [1.54, 1.807) is 18.2 Å². The van der Waals surface area contributed by atoms with Crippen molar-refractivity contribution in [2.75, 3.05) is 19.8 Å². The Hall–Kier alpha value is -1.71. The Morgan fingerprint density at radius 3 is 2.76 bits per heavy atom. The SMILES string of the molecule is O=C(NCC1CC1)c1ccc2c(c1)OCCO2. The molecule has 0 radical (unpaired) electrons. The van der Waals surface area contributed by atoms with Crippen molar-refractivity contribution in [3.05, 3.63) is 23.8 Å². The average Bonchev–Trinajstić information content (AvgIpc) is 3.19. The fourth-order valence-electron chi connectivity index (χ4n) is 1.85. The minimum absolute atomic E-state index is 0.0335. The zero-order valence-corrected chi connectivity index (χ0v) is 9.57. The number of ether oxygens (including phenoxy) is 2. The molecule has 1 fully saturated rings. The van der Waals surface area contributed by atoms with Gasteiger partial charge in [-0.2, -0.15) is 0 Å². The van der Waals surface area contributed by atoms with Crippen molar-refractivity contribution in [2.24, 2.45) is 5.92 Å². The summed E-state index contributed by atoms with van der Waals surface area (Å²) in [6, 6.07) is 5.31. The van der Waals surface area contributed by atoms with Gasteiger partial charge in [0.05, 0.1) is 0 Å². The molecule has 1 heterocycles. The summed E-state index contributed by atoms with van der Waals surface area (Å²) in [5.41, 5.74) is 0.634. The van der Waals surface area contributed by atoms with Gasteiger partial charge in [0, 0.05) is 12.1 Å². The second kappa shape index (κ2) is 4.28. The normalized spacial score (nSPS) is 17.6. The summed E-state index contributed by atoms with van der Waals surface area (Å²) >= 11 is 0. The lowest BCUT2D eigenvalue weighted by atomic mass is 10.2. The first-order chi connectivity index (χ1) is 8.33. The van der Waals surface area contributed by atoms with Gasteiger partial charge >= 0.3 is 0 Å². The van der Waals surface area contributed by atoms with Gasteiger partial charge in [0.15, 0.2) is 11.5 Å². The summed E-state index contributed by atoms with van der Waals surface area (Å²) in [5.74, 6) is 2.04. The summed E-state index contributed by atoms with van der Waals surface area (Å²) in [7, 11) is 0. The molecular weight excluding hydrogens is 218 g/mol. The van der Waals surface area contributed by atoms with Crippen molar-refractivity contribution in [2.45, 2.75) is 12.8 Å². The molecule has 1 aliphatic heterocycles. The van der Waals surface area contributed by atoms with Gasteiger partial charge in [0.1, 0.15) is 13.2 Å². The number of fused-ring (bicyclic) bond motifs is 1. The number of carbonyl (C=O) groups excluding carboxylic acids is 1. The average molecular weight is 233 g/mol. The van der Waals surface area contributed by atoms with E-state index < -0.39 is 0 Å². The number of hydrogen-bond acceptors (Lipinski definition) is 3. The Morgan fingerprint density at radius 1 is 1.24 bits per heavy atom. The predicted molar refractivity (Wildman–Crippen MR) is 62.5 cm³/mol. The maximum atomic E-state index is 11.9. The lowest BCUT2D eigenvalue weighted by Crippen LogP contribution is -2.25. The maximum absolute atomic E-state index is 11.9. The Morgan fingerprint density at radius 2 is 2.00 bits per heavy atom.